The average Bonchev–Trinajstić information content (AvgIpc) is 3.15. The predicted molar refractivity (Wildman–Crippen MR) is 126 cm³/mol. The molecule has 0 saturated carbocycles. The first-order valence-corrected chi connectivity index (χ1v) is 10.5. The Hall–Kier alpha value is -3.86. The van der Waals surface area contributed by atoms with Crippen LogP contribution in [-0.4, -0.2) is 30.5 Å². The third kappa shape index (κ3) is 3.89. The Kier molecular flexibility index (Phi) is 6.08. The van der Waals surface area contributed by atoms with Gasteiger partial charge in [-0.25, -0.2) is 0 Å². The summed E-state index contributed by atoms with van der Waals surface area (Å²) in [7, 11) is 3.17. The first-order valence-electron chi connectivity index (χ1n) is 10.5. The van der Waals surface area contributed by atoms with E-state index in [1.54, 1.807) is 37.8 Å². The monoisotopic (exact) mass is 427 g/mol. The zero-order valence-corrected chi connectivity index (χ0v) is 18.4. The lowest BCUT2D eigenvalue weighted by Crippen LogP contribution is -2.16. The smallest absolute Gasteiger partial charge is 0.262 e. The molecule has 0 N–H and O–H groups in total. The van der Waals surface area contributed by atoms with Crippen molar-refractivity contribution in [3.05, 3.63) is 84.1 Å². The van der Waals surface area contributed by atoms with E-state index in [4.69, 9.17) is 9.47 Å². The molecule has 3 aromatic carbocycles. The van der Waals surface area contributed by atoms with E-state index in [-0.39, 0.29) is 11.7 Å². The number of hydrogen-bond donors (Lipinski definition) is 0. The molecule has 4 rings (SSSR count). The number of methoxy groups -OCH3 is 2. The van der Waals surface area contributed by atoms with Crippen molar-refractivity contribution in [2.45, 2.75) is 19.8 Å². The van der Waals surface area contributed by atoms with Gasteiger partial charge in [0.1, 0.15) is 5.78 Å². The molecule has 0 atom stereocenters. The summed E-state index contributed by atoms with van der Waals surface area (Å²) in [6.07, 6.45) is 0.782. The molecular weight excluding hydrogens is 402 g/mol. The van der Waals surface area contributed by atoms with Crippen molar-refractivity contribution in [1.82, 2.24) is 4.57 Å². The van der Waals surface area contributed by atoms with Gasteiger partial charge in [0.05, 0.1) is 19.7 Å². The molecule has 0 fully saturated rings. The molecule has 0 radical (unpaired) electrons. The number of fused-ring (bicyclic) bond motifs is 1. The van der Waals surface area contributed by atoms with Gasteiger partial charge in [0.15, 0.2) is 11.5 Å². The molecule has 4 aromatic rings. The normalized spacial score (nSPS) is 10.8. The van der Waals surface area contributed by atoms with E-state index in [2.05, 4.69) is 0 Å². The lowest BCUT2D eigenvalue weighted by atomic mass is 9.99. The van der Waals surface area contributed by atoms with Crippen LogP contribution in [0.3, 0.4) is 0 Å². The number of Topliss-reactive ketones (excluding diaryl/α,β-unsaturated/α-hetero) is 1. The fourth-order valence-corrected chi connectivity index (χ4v) is 4.07. The molecular formula is C27H25NO4. The molecule has 0 aliphatic rings. The zero-order valence-electron chi connectivity index (χ0n) is 18.4. The maximum absolute atomic E-state index is 13.7. The molecule has 32 heavy (non-hydrogen) atoms. The molecule has 0 unspecified atom stereocenters. The van der Waals surface area contributed by atoms with Crippen LogP contribution in [0.2, 0.25) is 0 Å². The minimum Gasteiger partial charge on any atom is -0.493 e. The van der Waals surface area contributed by atoms with Gasteiger partial charge in [-0.15, -0.1) is 0 Å². The summed E-state index contributed by atoms with van der Waals surface area (Å²) in [5.74, 6) is 1.05. The van der Waals surface area contributed by atoms with Crippen LogP contribution in [0, 0.1) is 0 Å². The highest BCUT2D eigenvalue weighted by Crippen LogP contribution is 2.41. The SMILES string of the molecule is COc1cc2c(-c3ccccc3)c(CCC(C)=O)n(C(=O)c3ccccc3)c2cc1OC. The quantitative estimate of drug-likeness (QED) is 0.389. The molecule has 1 heterocycles. The van der Waals surface area contributed by atoms with E-state index in [1.165, 1.54) is 0 Å². The number of nitrogens with zero attached hydrogens (tertiary/aromatic N) is 1. The van der Waals surface area contributed by atoms with Crippen LogP contribution < -0.4 is 9.47 Å². The van der Waals surface area contributed by atoms with E-state index in [0.29, 0.717) is 35.4 Å². The molecule has 0 spiro atoms. The van der Waals surface area contributed by atoms with Crippen LogP contribution in [-0.2, 0) is 11.2 Å². The summed E-state index contributed by atoms with van der Waals surface area (Å²) in [4.78, 5) is 25.6. The summed E-state index contributed by atoms with van der Waals surface area (Å²) >= 11 is 0. The second-order valence-electron chi connectivity index (χ2n) is 7.62. The summed E-state index contributed by atoms with van der Waals surface area (Å²) in [5, 5.41) is 0.872. The van der Waals surface area contributed by atoms with Crippen molar-refractivity contribution in [3.8, 4) is 22.6 Å². The minimum atomic E-state index is -0.149. The van der Waals surface area contributed by atoms with Crippen molar-refractivity contribution in [1.29, 1.82) is 0 Å². The highest BCUT2D eigenvalue weighted by atomic mass is 16.5. The number of hydrogen-bond acceptors (Lipinski definition) is 4. The second-order valence-corrected chi connectivity index (χ2v) is 7.62. The van der Waals surface area contributed by atoms with E-state index in [9.17, 15) is 9.59 Å². The Bertz CT molecular complexity index is 1270. The Morgan fingerprint density at radius 1 is 0.844 bits per heavy atom. The van der Waals surface area contributed by atoms with Gasteiger partial charge < -0.3 is 14.3 Å². The van der Waals surface area contributed by atoms with E-state index in [1.807, 2.05) is 60.7 Å². The van der Waals surface area contributed by atoms with Crippen molar-refractivity contribution < 1.29 is 19.1 Å². The van der Waals surface area contributed by atoms with Crippen molar-refractivity contribution in [2.24, 2.45) is 0 Å². The number of ketones is 1. The second kappa shape index (κ2) is 9.10. The van der Waals surface area contributed by atoms with Gasteiger partial charge in [-0.1, -0.05) is 48.5 Å². The molecule has 5 heteroatoms. The molecule has 0 aliphatic carbocycles. The van der Waals surface area contributed by atoms with Gasteiger partial charge in [-0.3, -0.25) is 9.36 Å². The standard InChI is InChI=1S/C27H25NO4/c1-18(29)14-15-22-26(19-10-6-4-7-11-19)21-16-24(31-2)25(32-3)17-23(21)28(22)27(30)20-12-8-5-9-13-20/h4-13,16-17H,14-15H2,1-3H3. The first kappa shape index (κ1) is 21.4. The molecule has 0 amide bonds. The Labute approximate surface area is 187 Å². The first-order chi connectivity index (χ1) is 15.5. The molecule has 1 aromatic heterocycles. The maximum atomic E-state index is 13.7. The van der Waals surface area contributed by atoms with Gasteiger partial charge in [0, 0.05) is 34.7 Å². The van der Waals surface area contributed by atoms with Crippen LogP contribution in [0.4, 0.5) is 0 Å². The van der Waals surface area contributed by atoms with Gasteiger partial charge in [0.2, 0.25) is 0 Å². The Morgan fingerprint density at radius 2 is 1.44 bits per heavy atom. The van der Waals surface area contributed by atoms with Crippen LogP contribution in [0.25, 0.3) is 22.0 Å². The Morgan fingerprint density at radius 3 is 2.03 bits per heavy atom. The van der Waals surface area contributed by atoms with Gasteiger partial charge >= 0.3 is 0 Å². The molecule has 0 aliphatic heterocycles. The molecule has 0 saturated heterocycles. The number of ether oxygens (including phenoxy) is 2. The largest absolute Gasteiger partial charge is 0.493 e. The third-order valence-electron chi connectivity index (χ3n) is 5.57. The number of rotatable bonds is 7. The van der Waals surface area contributed by atoms with Gasteiger partial charge in [0.25, 0.3) is 5.91 Å². The molecule has 162 valence electrons. The third-order valence-corrected chi connectivity index (χ3v) is 5.57. The highest BCUT2D eigenvalue weighted by molar-refractivity contribution is 6.09. The lowest BCUT2D eigenvalue weighted by molar-refractivity contribution is -0.117. The minimum absolute atomic E-state index is 0.0724. The highest BCUT2D eigenvalue weighted by Gasteiger charge is 2.25. The predicted octanol–water partition coefficient (Wildman–Crippen LogP) is 5.54. The topological polar surface area (TPSA) is 57.5 Å². The van der Waals surface area contributed by atoms with E-state index >= 15 is 0 Å². The summed E-state index contributed by atoms with van der Waals surface area (Å²) in [5.41, 5.74) is 3.98. The van der Waals surface area contributed by atoms with Crippen LogP contribution >= 0.6 is 0 Å². The number of benzene rings is 3. The van der Waals surface area contributed by atoms with Crippen LogP contribution in [0.15, 0.2) is 72.8 Å². The fourth-order valence-electron chi connectivity index (χ4n) is 4.07. The summed E-state index contributed by atoms with van der Waals surface area (Å²) in [6, 6.07) is 22.8. The number of carbonyl (C=O) groups excluding carboxylic acids is 2. The van der Waals surface area contributed by atoms with E-state index < -0.39 is 0 Å². The van der Waals surface area contributed by atoms with Gasteiger partial charge in [-0.2, -0.15) is 0 Å². The zero-order chi connectivity index (χ0) is 22.7. The van der Waals surface area contributed by atoms with Crippen molar-refractivity contribution in [3.63, 3.8) is 0 Å². The Balaban J connectivity index is 2.10. The van der Waals surface area contributed by atoms with Crippen molar-refractivity contribution >= 4 is 22.6 Å². The average molecular weight is 428 g/mol. The maximum Gasteiger partial charge on any atom is 0.262 e. The lowest BCUT2D eigenvalue weighted by Gasteiger charge is -2.12. The summed E-state index contributed by atoms with van der Waals surface area (Å²) < 4.78 is 12.8. The molecule has 0 bridgehead atoms. The van der Waals surface area contributed by atoms with Crippen LogP contribution in [0.5, 0.6) is 11.5 Å². The van der Waals surface area contributed by atoms with Gasteiger partial charge in [-0.05, 0) is 37.1 Å². The molecule has 5 nitrogen and oxygen atoms in total. The number of carbonyl (C=O) groups is 2. The fraction of sp³-hybridized carbons (Fsp3) is 0.185. The van der Waals surface area contributed by atoms with Crippen LogP contribution in [0.1, 0.15) is 29.4 Å². The summed E-state index contributed by atoms with van der Waals surface area (Å²) in [6.45, 7) is 1.57. The van der Waals surface area contributed by atoms with Crippen molar-refractivity contribution in [2.75, 3.05) is 14.2 Å². The van der Waals surface area contributed by atoms with E-state index in [0.717, 1.165) is 22.2 Å². The number of aromatic nitrogens is 1.